The predicted octanol–water partition coefficient (Wildman–Crippen LogP) is 2.83. The molecule has 1 aromatic rings. The summed E-state index contributed by atoms with van der Waals surface area (Å²) in [5.74, 6) is 0.201. The summed E-state index contributed by atoms with van der Waals surface area (Å²) < 4.78 is 0. The minimum Gasteiger partial charge on any atom is -0.341 e. The Bertz CT molecular complexity index is 430. The van der Waals surface area contributed by atoms with Crippen LogP contribution in [-0.2, 0) is 11.3 Å². The molecule has 1 saturated heterocycles. The van der Waals surface area contributed by atoms with Gasteiger partial charge in [0.1, 0.15) is 0 Å². The van der Waals surface area contributed by atoms with Crippen LogP contribution in [0.15, 0.2) is 24.3 Å². The molecule has 0 spiro atoms. The zero-order chi connectivity index (χ0) is 13.7. The molecule has 1 fully saturated rings. The third-order valence-corrected chi connectivity index (χ3v) is 3.96. The molecule has 104 valence electrons. The molecule has 1 atom stereocenters. The number of amides is 1. The first kappa shape index (κ1) is 14.4. The molecule has 0 aliphatic carbocycles. The summed E-state index contributed by atoms with van der Waals surface area (Å²) in [7, 11) is 0. The molecule has 1 N–H and O–H groups in total. The van der Waals surface area contributed by atoms with E-state index in [-0.39, 0.29) is 11.9 Å². The Morgan fingerprint density at radius 2 is 2.00 bits per heavy atom. The highest BCUT2D eigenvalue weighted by molar-refractivity contribution is 6.31. The predicted molar refractivity (Wildman–Crippen MR) is 78.2 cm³/mol. The van der Waals surface area contributed by atoms with Gasteiger partial charge in [-0.15, -0.1) is 0 Å². The first-order valence-electron chi connectivity index (χ1n) is 6.94. The Labute approximate surface area is 119 Å². The minimum atomic E-state index is -0.158. The molecule has 1 aliphatic rings. The van der Waals surface area contributed by atoms with E-state index in [9.17, 15) is 4.79 Å². The standard InChI is InChI=1S/C15H21ClN2O/c1-12(15(19)18-9-5-2-6-10-18)17-11-13-7-3-4-8-14(13)16/h3-4,7-8,12,17H,2,5-6,9-11H2,1H3. The fourth-order valence-corrected chi connectivity index (χ4v) is 2.58. The molecule has 19 heavy (non-hydrogen) atoms. The van der Waals surface area contributed by atoms with E-state index in [4.69, 9.17) is 11.6 Å². The number of piperidine rings is 1. The number of carbonyl (C=O) groups excluding carboxylic acids is 1. The Balaban J connectivity index is 1.85. The maximum absolute atomic E-state index is 12.2. The number of hydrogen-bond donors (Lipinski definition) is 1. The van der Waals surface area contributed by atoms with Gasteiger partial charge in [0.25, 0.3) is 0 Å². The fourth-order valence-electron chi connectivity index (χ4n) is 2.38. The van der Waals surface area contributed by atoms with Gasteiger partial charge < -0.3 is 10.2 Å². The molecular formula is C15H21ClN2O. The number of likely N-dealkylation sites (tertiary alicyclic amines) is 1. The first-order valence-corrected chi connectivity index (χ1v) is 7.32. The van der Waals surface area contributed by atoms with Gasteiger partial charge in [-0.3, -0.25) is 4.79 Å². The van der Waals surface area contributed by atoms with Crippen molar-refractivity contribution in [3.05, 3.63) is 34.9 Å². The summed E-state index contributed by atoms with van der Waals surface area (Å²) in [5.41, 5.74) is 1.03. The second-order valence-corrected chi connectivity index (χ2v) is 5.49. The van der Waals surface area contributed by atoms with Crippen molar-refractivity contribution >= 4 is 17.5 Å². The summed E-state index contributed by atoms with van der Waals surface area (Å²) in [6.45, 7) is 4.35. The lowest BCUT2D eigenvalue weighted by molar-refractivity contribution is -0.133. The molecule has 1 aromatic carbocycles. The highest BCUT2D eigenvalue weighted by Crippen LogP contribution is 2.15. The van der Waals surface area contributed by atoms with Crippen LogP contribution in [0.2, 0.25) is 5.02 Å². The van der Waals surface area contributed by atoms with E-state index >= 15 is 0 Å². The van der Waals surface area contributed by atoms with Crippen LogP contribution in [0, 0.1) is 0 Å². The van der Waals surface area contributed by atoms with E-state index in [1.54, 1.807) is 0 Å². The quantitative estimate of drug-likeness (QED) is 0.920. The van der Waals surface area contributed by atoms with Crippen molar-refractivity contribution < 1.29 is 4.79 Å². The second-order valence-electron chi connectivity index (χ2n) is 5.08. The zero-order valence-corrected chi connectivity index (χ0v) is 12.1. The highest BCUT2D eigenvalue weighted by atomic mass is 35.5. The van der Waals surface area contributed by atoms with Gasteiger partial charge >= 0.3 is 0 Å². The van der Waals surface area contributed by atoms with Gasteiger partial charge in [0.15, 0.2) is 0 Å². The van der Waals surface area contributed by atoms with Crippen molar-refractivity contribution in [2.45, 2.75) is 38.8 Å². The topological polar surface area (TPSA) is 32.3 Å². The molecule has 1 aliphatic heterocycles. The van der Waals surface area contributed by atoms with Gasteiger partial charge in [0.2, 0.25) is 5.91 Å². The van der Waals surface area contributed by atoms with Crippen molar-refractivity contribution in [2.75, 3.05) is 13.1 Å². The largest absolute Gasteiger partial charge is 0.341 e. The van der Waals surface area contributed by atoms with Crippen LogP contribution in [0.4, 0.5) is 0 Å². The lowest BCUT2D eigenvalue weighted by Gasteiger charge is -2.29. The summed E-state index contributed by atoms with van der Waals surface area (Å²) in [4.78, 5) is 14.2. The lowest BCUT2D eigenvalue weighted by Crippen LogP contribution is -2.46. The highest BCUT2D eigenvalue weighted by Gasteiger charge is 2.21. The van der Waals surface area contributed by atoms with Crippen LogP contribution < -0.4 is 5.32 Å². The van der Waals surface area contributed by atoms with Crippen LogP contribution in [0.5, 0.6) is 0 Å². The Morgan fingerprint density at radius 3 is 2.68 bits per heavy atom. The average Bonchev–Trinajstić information content (AvgIpc) is 2.46. The summed E-state index contributed by atoms with van der Waals surface area (Å²) in [6, 6.07) is 7.56. The number of halogens is 1. The van der Waals surface area contributed by atoms with E-state index in [0.717, 1.165) is 36.5 Å². The van der Waals surface area contributed by atoms with E-state index in [2.05, 4.69) is 5.32 Å². The fraction of sp³-hybridized carbons (Fsp3) is 0.533. The van der Waals surface area contributed by atoms with Gasteiger partial charge in [-0.25, -0.2) is 0 Å². The average molecular weight is 281 g/mol. The number of hydrogen-bond acceptors (Lipinski definition) is 2. The van der Waals surface area contributed by atoms with Crippen molar-refractivity contribution in [3.63, 3.8) is 0 Å². The zero-order valence-electron chi connectivity index (χ0n) is 11.4. The number of carbonyl (C=O) groups is 1. The van der Waals surface area contributed by atoms with E-state index in [1.807, 2.05) is 36.1 Å². The summed E-state index contributed by atoms with van der Waals surface area (Å²) >= 11 is 6.10. The Hall–Kier alpha value is -1.06. The van der Waals surface area contributed by atoms with E-state index < -0.39 is 0 Å². The van der Waals surface area contributed by atoms with Crippen molar-refractivity contribution in [2.24, 2.45) is 0 Å². The SMILES string of the molecule is CC(NCc1ccccc1Cl)C(=O)N1CCCCC1. The molecule has 4 heteroatoms. The van der Waals surface area contributed by atoms with Crippen molar-refractivity contribution in [3.8, 4) is 0 Å². The van der Waals surface area contributed by atoms with Crippen LogP contribution in [0.3, 0.4) is 0 Å². The normalized spacial score (nSPS) is 17.3. The molecule has 0 bridgehead atoms. The molecule has 1 unspecified atom stereocenters. The van der Waals surface area contributed by atoms with Crippen molar-refractivity contribution in [1.29, 1.82) is 0 Å². The smallest absolute Gasteiger partial charge is 0.239 e. The molecule has 1 amide bonds. The molecule has 3 nitrogen and oxygen atoms in total. The molecule has 0 saturated carbocycles. The summed E-state index contributed by atoms with van der Waals surface area (Å²) in [6.07, 6.45) is 3.50. The molecule has 2 rings (SSSR count). The maximum atomic E-state index is 12.2. The number of rotatable bonds is 4. The Morgan fingerprint density at radius 1 is 1.32 bits per heavy atom. The van der Waals surface area contributed by atoms with Crippen LogP contribution in [0.25, 0.3) is 0 Å². The van der Waals surface area contributed by atoms with E-state index in [0.29, 0.717) is 6.54 Å². The molecular weight excluding hydrogens is 260 g/mol. The van der Waals surface area contributed by atoms with Gasteiger partial charge in [0, 0.05) is 24.7 Å². The van der Waals surface area contributed by atoms with Crippen LogP contribution in [0.1, 0.15) is 31.7 Å². The Kier molecular flexibility index (Phi) is 5.23. The van der Waals surface area contributed by atoms with Gasteiger partial charge in [-0.1, -0.05) is 29.8 Å². The third kappa shape index (κ3) is 3.95. The van der Waals surface area contributed by atoms with E-state index in [1.165, 1.54) is 6.42 Å². The summed E-state index contributed by atoms with van der Waals surface area (Å²) in [5, 5.41) is 4.00. The number of nitrogens with one attached hydrogen (secondary N) is 1. The van der Waals surface area contributed by atoms with Crippen molar-refractivity contribution in [1.82, 2.24) is 10.2 Å². The lowest BCUT2D eigenvalue weighted by atomic mass is 10.1. The minimum absolute atomic E-state index is 0.158. The van der Waals surface area contributed by atoms with Gasteiger partial charge in [-0.2, -0.15) is 0 Å². The van der Waals surface area contributed by atoms with Crippen LogP contribution >= 0.6 is 11.6 Å². The molecule has 0 radical (unpaired) electrons. The number of benzene rings is 1. The first-order chi connectivity index (χ1) is 9.18. The molecule has 1 heterocycles. The second kappa shape index (κ2) is 6.92. The number of nitrogens with zero attached hydrogens (tertiary/aromatic N) is 1. The third-order valence-electron chi connectivity index (χ3n) is 3.59. The van der Waals surface area contributed by atoms with Gasteiger partial charge in [0.05, 0.1) is 6.04 Å². The maximum Gasteiger partial charge on any atom is 0.239 e. The monoisotopic (exact) mass is 280 g/mol. The van der Waals surface area contributed by atoms with Gasteiger partial charge in [-0.05, 0) is 37.8 Å². The molecule has 0 aromatic heterocycles. The van der Waals surface area contributed by atoms with Crippen LogP contribution in [-0.4, -0.2) is 29.9 Å².